The summed E-state index contributed by atoms with van der Waals surface area (Å²) >= 11 is 0.0922. The first kappa shape index (κ1) is 13.5. The van der Waals surface area contributed by atoms with E-state index in [4.69, 9.17) is 0 Å². The molecule has 0 aromatic heterocycles. The van der Waals surface area contributed by atoms with Gasteiger partial charge in [-0.15, -0.1) is 0 Å². The van der Waals surface area contributed by atoms with Crippen LogP contribution in [0.15, 0.2) is 60.7 Å². The zero-order chi connectivity index (χ0) is 13.5. The SMILES string of the molecule is O=[N+]([O-])c1ccccc1[Se]C/C=C/c1ccccc1. The number of nitrogens with zero attached hydrogens (tertiary/aromatic N) is 1. The van der Waals surface area contributed by atoms with Crippen LogP contribution in [0.4, 0.5) is 5.69 Å². The molecule has 0 heterocycles. The van der Waals surface area contributed by atoms with Gasteiger partial charge in [0.25, 0.3) is 0 Å². The molecule has 0 saturated carbocycles. The Balaban J connectivity index is 1.96. The number of hydrogen-bond donors (Lipinski definition) is 0. The van der Waals surface area contributed by atoms with Crippen LogP contribution in [-0.2, 0) is 0 Å². The van der Waals surface area contributed by atoms with E-state index in [-0.39, 0.29) is 25.6 Å². The molecule has 3 nitrogen and oxygen atoms in total. The van der Waals surface area contributed by atoms with Gasteiger partial charge in [-0.2, -0.15) is 0 Å². The molecule has 2 rings (SSSR count). The minimum atomic E-state index is -0.308. The molecular weight excluding hydrogens is 305 g/mol. The fourth-order valence-electron chi connectivity index (χ4n) is 1.62. The van der Waals surface area contributed by atoms with Gasteiger partial charge < -0.3 is 0 Å². The van der Waals surface area contributed by atoms with Gasteiger partial charge in [0.15, 0.2) is 0 Å². The molecule has 0 unspecified atom stereocenters. The zero-order valence-electron chi connectivity index (χ0n) is 10.2. The molecular formula is C15H13NO2Se. The molecule has 96 valence electrons. The first-order valence-electron chi connectivity index (χ1n) is 5.85. The van der Waals surface area contributed by atoms with E-state index in [1.165, 1.54) is 0 Å². The molecule has 0 bridgehead atoms. The van der Waals surface area contributed by atoms with E-state index in [2.05, 4.69) is 12.2 Å². The summed E-state index contributed by atoms with van der Waals surface area (Å²) in [6.07, 6.45) is 4.13. The monoisotopic (exact) mass is 319 g/mol. The maximum atomic E-state index is 10.9. The Labute approximate surface area is 118 Å². The fourth-order valence-corrected chi connectivity index (χ4v) is 3.37. The Morgan fingerprint density at radius 3 is 2.47 bits per heavy atom. The van der Waals surface area contributed by atoms with Crippen molar-refractivity contribution < 1.29 is 4.92 Å². The third-order valence-electron chi connectivity index (χ3n) is 2.51. The summed E-state index contributed by atoms with van der Waals surface area (Å²) in [6, 6.07) is 17.0. The Morgan fingerprint density at radius 2 is 1.74 bits per heavy atom. The van der Waals surface area contributed by atoms with Crippen molar-refractivity contribution in [3.05, 3.63) is 76.4 Å². The number of allylic oxidation sites excluding steroid dienone is 1. The van der Waals surface area contributed by atoms with E-state index in [0.717, 1.165) is 15.3 Å². The molecule has 0 spiro atoms. The Hall–Kier alpha value is -1.90. The second-order valence-electron chi connectivity index (χ2n) is 3.85. The summed E-state index contributed by atoms with van der Waals surface area (Å²) in [6.45, 7) is 0. The van der Waals surface area contributed by atoms with E-state index in [1.807, 2.05) is 42.5 Å². The topological polar surface area (TPSA) is 43.1 Å². The summed E-state index contributed by atoms with van der Waals surface area (Å²) < 4.78 is 0.845. The summed E-state index contributed by atoms with van der Waals surface area (Å²) in [4.78, 5) is 10.6. The summed E-state index contributed by atoms with van der Waals surface area (Å²) in [7, 11) is 0. The van der Waals surface area contributed by atoms with Crippen molar-refractivity contribution in [3.63, 3.8) is 0 Å². The van der Waals surface area contributed by atoms with Crippen LogP contribution in [-0.4, -0.2) is 19.9 Å². The van der Waals surface area contributed by atoms with Gasteiger partial charge in [0.05, 0.1) is 0 Å². The molecule has 0 aliphatic heterocycles. The van der Waals surface area contributed by atoms with Gasteiger partial charge in [-0.25, -0.2) is 0 Å². The normalized spacial score (nSPS) is 10.7. The number of hydrogen-bond acceptors (Lipinski definition) is 2. The quantitative estimate of drug-likeness (QED) is 0.483. The van der Waals surface area contributed by atoms with Crippen molar-refractivity contribution in [1.82, 2.24) is 0 Å². The predicted molar refractivity (Wildman–Crippen MR) is 78.8 cm³/mol. The molecule has 0 aliphatic rings. The molecule has 4 heteroatoms. The van der Waals surface area contributed by atoms with Crippen LogP contribution in [0.2, 0.25) is 5.32 Å². The average Bonchev–Trinajstić information content (AvgIpc) is 2.45. The van der Waals surface area contributed by atoms with Crippen molar-refractivity contribution >= 4 is 31.2 Å². The molecule has 0 atom stereocenters. The average molecular weight is 318 g/mol. The minimum absolute atomic E-state index is 0.0922. The van der Waals surface area contributed by atoms with E-state index < -0.39 is 0 Å². The Morgan fingerprint density at radius 1 is 1.05 bits per heavy atom. The van der Waals surface area contributed by atoms with Crippen LogP contribution >= 0.6 is 0 Å². The van der Waals surface area contributed by atoms with Gasteiger partial charge in [-0.05, 0) is 0 Å². The van der Waals surface area contributed by atoms with Crippen LogP contribution in [0, 0.1) is 10.1 Å². The molecule has 0 radical (unpaired) electrons. The number of rotatable bonds is 5. The molecule has 0 fully saturated rings. The molecule has 0 saturated heterocycles. The van der Waals surface area contributed by atoms with Crippen molar-refractivity contribution in [2.45, 2.75) is 5.32 Å². The van der Waals surface area contributed by atoms with E-state index in [1.54, 1.807) is 12.1 Å². The number of benzene rings is 2. The second-order valence-corrected chi connectivity index (χ2v) is 6.08. The van der Waals surface area contributed by atoms with Crippen molar-refractivity contribution in [3.8, 4) is 0 Å². The standard InChI is InChI=1S/C15H13NO2Se/c17-16(18)14-10-4-5-11-15(14)19-12-6-9-13-7-2-1-3-8-13/h1-11H,12H2/b9-6+. The van der Waals surface area contributed by atoms with Gasteiger partial charge in [-0.1, -0.05) is 0 Å². The van der Waals surface area contributed by atoms with Crippen LogP contribution in [0.1, 0.15) is 5.56 Å². The number of nitro groups is 1. The molecule has 0 aliphatic carbocycles. The van der Waals surface area contributed by atoms with E-state index >= 15 is 0 Å². The van der Waals surface area contributed by atoms with Gasteiger partial charge in [0, 0.05) is 0 Å². The Bertz CT molecular complexity index is 582. The van der Waals surface area contributed by atoms with Gasteiger partial charge in [0.1, 0.15) is 0 Å². The van der Waals surface area contributed by atoms with Crippen molar-refractivity contribution in [1.29, 1.82) is 0 Å². The first-order valence-corrected chi connectivity index (χ1v) is 7.92. The molecule has 19 heavy (non-hydrogen) atoms. The molecule has 2 aromatic carbocycles. The fraction of sp³-hybridized carbons (Fsp3) is 0.0667. The zero-order valence-corrected chi connectivity index (χ0v) is 11.9. The van der Waals surface area contributed by atoms with Gasteiger partial charge in [-0.3, -0.25) is 0 Å². The number of nitro benzene ring substituents is 1. The third kappa shape index (κ3) is 4.05. The summed E-state index contributed by atoms with van der Waals surface area (Å²) in [5.41, 5.74) is 1.39. The predicted octanol–water partition coefficient (Wildman–Crippen LogP) is 3.06. The molecule has 2 aromatic rings. The Kier molecular flexibility index (Phi) is 4.90. The van der Waals surface area contributed by atoms with Crippen molar-refractivity contribution in [2.24, 2.45) is 0 Å². The van der Waals surface area contributed by atoms with Gasteiger partial charge >= 0.3 is 118 Å². The van der Waals surface area contributed by atoms with Crippen LogP contribution in [0.3, 0.4) is 0 Å². The van der Waals surface area contributed by atoms with Crippen LogP contribution < -0.4 is 4.46 Å². The summed E-state index contributed by atoms with van der Waals surface area (Å²) in [5.74, 6) is 0. The van der Waals surface area contributed by atoms with Crippen molar-refractivity contribution in [2.75, 3.05) is 0 Å². The maximum absolute atomic E-state index is 10.9. The molecule has 0 amide bonds. The molecule has 0 N–H and O–H groups in total. The van der Waals surface area contributed by atoms with Gasteiger partial charge in [0.2, 0.25) is 0 Å². The summed E-state index contributed by atoms with van der Waals surface area (Å²) in [5, 5.41) is 11.7. The van der Waals surface area contributed by atoms with Crippen LogP contribution in [0.25, 0.3) is 6.08 Å². The third-order valence-corrected chi connectivity index (χ3v) is 4.64. The first-order chi connectivity index (χ1) is 9.27. The van der Waals surface area contributed by atoms with E-state index in [0.29, 0.717) is 0 Å². The van der Waals surface area contributed by atoms with E-state index in [9.17, 15) is 10.1 Å². The number of para-hydroxylation sites is 1. The van der Waals surface area contributed by atoms with Crippen LogP contribution in [0.5, 0.6) is 0 Å². The second kappa shape index (κ2) is 6.88.